The maximum atomic E-state index is 13.5. The molecule has 0 aliphatic heterocycles. The number of hydrogen-bond acceptors (Lipinski definition) is 1. The molecule has 0 heterocycles. The van der Waals surface area contributed by atoms with E-state index in [4.69, 9.17) is 0 Å². The summed E-state index contributed by atoms with van der Waals surface area (Å²) in [4.78, 5) is 0. The normalized spacial score (nSPS) is 11.1. The Morgan fingerprint density at radius 2 is 1.30 bits per heavy atom. The zero-order chi connectivity index (χ0) is 17.2. The first-order valence-corrected chi connectivity index (χ1v) is 8.59. The Labute approximate surface area is 138 Å². The Bertz CT molecular complexity index is 767. The third-order valence-electron chi connectivity index (χ3n) is 3.20. The van der Waals surface area contributed by atoms with Crippen molar-refractivity contribution in [2.75, 3.05) is 0 Å². The van der Waals surface area contributed by atoms with Crippen LogP contribution in [0.2, 0.25) is 0 Å². The van der Waals surface area contributed by atoms with Gasteiger partial charge >= 0.3 is 138 Å². The van der Waals surface area contributed by atoms with Crippen LogP contribution in [0, 0.1) is 29.1 Å². The molecule has 2 rings (SSSR count). The molecule has 120 valence electrons. The van der Waals surface area contributed by atoms with Crippen molar-refractivity contribution in [3.05, 3.63) is 65.0 Å². The Morgan fingerprint density at radius 3 is 1.83 bits per heavy atom. The summed E-state index contributed by atoms with van der Waals surface area (Å²) in [6.45, 7) is 3.78. The number of halogens is 5. The van der Waals surface area contributed by atoms with Gasteiger partial charge < -0.3 is 0 Å². The topological polar surface area (TPSA) is 12.4 Å². The second-order valence-electron chi connectivity index (χ2n) is 5.32. The molecule has 2 aromatic carbocycles. The summed E-state index contributed by atoms with van der Waals surface area (Å²) < 4.78 is 71.7. The van der Waals surface area contributed by atoms with E-state index in [0.29, 0.717) is 0 Å². The molecular weight excluding hydrogens is 397 g/mol. The quantitative estimate of drug-likeness (QED) is 0.291. The van der Waals surface area contributed by atoms with E-state index >= 15 is 0 Å². The van der Waals surface area contributed by atoms with E-state index in [-0.39, 0.29) is 0 Å². The van der Waals surface area contributed by atoms with Crippen LogP contribution in [0.3, 0.4) is 0 Å². The first kappa shape index (κ1) is 17.8. The summed E-state index contributed by atoms with van der Waals surface area (Å²) >= 11 is -1.47. The van der Waals surface area contributed by atoms with Crippen molar-refractivity contribution in [3.8, 4) is 0 Å². The van der Waals surface area contributed by atoms with Gasteiger partial charge in [0.15, 0.2) is 0 Å². The molecule has 2 aromatic rings. The molecule has 0 atom stereocenters. The van der Waals surface area contributed by atoms with Crippen LogP contribution in [0.25, 0.3) is 0 Å². The summed E-state index contributed by atoms with van der Waals surface area (Å²) in [6.07, 6.45) is 0. The fourth-order valence-corrected chi connectivity index (χ4v) is 3.58. The van der Waals surface area contributed by atoms with Crippen LogP contribution in [0.5, 0.6) is 0 Å². The van der Waals surface area contributed by atoms with Crippen LogP contribution in [-0.2, 0) is 23.3 Å². The van der Waals surface area contributed by atoms with Gasteiger partial charge in [-0.3, -0.25) is 0 Å². The van der Waals surface area contributed by atoms with Gasteiger partial charge in [-0.25, -0.2) is 0 Å². The van der Waals surface area contributed by atoms with Crippen LogP contribution >= 0.6 is 0 Å². The molecule has 0 aliphatic rings. The van der Waals surface area contributed by atoms with Crippen LogP contribution in [0.15, 0.2) is 33.8 Å². The summed E-state index contributed by atoms with van der Waals surface area (Å²) in [5.41, 5.74) is -0.543. The van der Waals surface area contributed by atoms with E-state index in [1.165, 1.54) is 0 Å². The predicted molar refractivity (Wildman–Crippen MR) is 73.9 cm³/mol. The second-order valence-corrected chi connectivity index (χ2v) is 6.87. The first-order chi connectivity index (χ1) is 10.8. The average Bonchev–Trinajstić information content (AvgIpc) is 2.55. The molecule has 0 N–H and O–H groups in total. The van der Waals surface area contributed by atoms with E-state index in [2.05, 4.69) is 3.50 Å². The molecule has 0 saturated carbocycles. The molecule has 0 saturated heterocycles. The molecule has 0 radical (unpaired) electrons. The van der Waals surface area contributed by atoms with Crippen molar-refractivity contribution >= 4 is 10.1 Å². The van der Waals surface area contributed by atoms with Gasteiger partial charge in [-0.05, 0) is 0 Å². The fourth-order valence-electron chi connectivity index (χ4n) is 1.82. The van der Waals surface area contributed by atoms with Crippen molar-refractivity contribution in [2.24, 2.45) is 3.50 Å². The van der Waals surface area contributed by atoms with Gasteiger partial charge in [0.1, 0.15) is 0 Å². The third-order valence-corrected chi connectivity index (χ3v) is 5.61. The Kier molecular flexibility index (Phi) is 5.35. The van der Waals surface area contributed by atoms with Crippen molar-refractivity contribution in [3.63, 3.8) is 0 Å². The molecule has 23 heavy (non-hydrogen) atoms. The number of hydrogen-bond donors (Lipinski definition) is 0. The number of rotatable bonds is 3. The van der Waals surface area contributed by atoms with Crippen LogP contribution < -0.4 is 0 Å². The van der Waals surface area contributed by atoms with Crippen LogP contribution in [-0.4, -0.2) is 4.40 Å². The first-order valence-electron chi connectivity index (χ1n) is 6.54. The third kappa shape index (κ3) is 3.69. The van der Waals surface area contributed by atoms with Crippen molar-refractivity contribution < 1.29 is 39.9 Å². The van der Waals surface area contributed by atoms with Gasteiger partial charge in [-0.15, -0.1) is 0 Å². The number of nitrogens with zero attached hydrogens (tertiary/aromatic N) is 1. The van der Waals surface area contributed by atoms with Crippen LogP contribution in [0.4, 0.5) is 27.6 Å². The fraction of sp³-hybridized carbons (Fsp3) is 0.188. The Morgan fingerprint density at radius 1 is 0.826 bits per heavy atom. The van der Waals surface area contributed by atoms with Crippen molar-refractivity contribution in [1.29, 1.82) is 0 Å². The molecule has 0 aliphatic carbocycles. The van der Waals surface area contributed by atoms with Gasteiger partial charge in [-0.2, -0.15) is 0 Å². The van der Waals surface area contributed by atoms with Gasteiger partial charge in [0.2, 0.25) is 0 Å². The number of benzene rings is 2. The SMILES string of the molecule is CC(C)([CH]=[Mo+2]=[N]c1c(F)c(F)c(F)c(F)c1F)c1ccccc1. The van der Waals surface area contributed by atoms with E-state index < -0.39 is 58.1 Å². The second kappa shape index (κ2) is 6.91. The molecule has 0 bridgehead atoms. The Balaban J connectivity index is 2.45. The minimum atomic E-state index is -2.17. The molecule has 0 aromatic heterocycles. The molecule has 0 unspecified atom stereocenters. The van der Waals surface area contributed by atoms with Crippen molar-refractivity contribution in [2.45, 2.75) is 19.3 Å². The molecule has 0 amide bonds. The van der Waals surface area contributed by atoms with Gasteiger partial charge in [0.05, 0.1) is 0 Å². The zero-order valence-corrected chi connectivity index (χ0v) is 14.2. The Hall–Kier alpha value is -1.55. The summed E-state index contributed by atoms with van der Waals surface area (Å²) in [5.74, 6) is -9.90. The molecule has 0 spiro atoms. The predicted octanol–water partition coefficient (Wildman–Crippen LogP) is 5.06. The average molecular weight is 409 g/mol. The van der Waals surface area contributed by atoms with E-state index in [1.54, 1.807) is 4.40 Å². The van der Waals surface area contributed by atoms with E-state index in [0.717, 1.165) is 5.56 Å². The molecular formula is C16H12F5MoN+2. The molecule has 0 fully saturated rings. The van der Waals surface area contributed by atoms with E-state index in [9.17, 15) is 22.0 Å². The standard InChI is InChI=1S/C10H12.C6F5N.Mo/c1-10(2,3)9-7-5-4-6-8-9;7-1-2(8)4(10)6(12)5(11)3(1)9;/h1,4-8H,2-3H3;;/q;;+2. The van der Waals surface area contributed by atoms with Gasteiger partial charge in [0, 0.05) is 0 Å². The van der Waals surface area contributed by atoms with Crippen LogP contribution in [0.1, 0.15) is 19.4 Å². The molecule has 7 heteroatoms. The minimum absolute atomic E-state index is 0.420. The van der Waals surface area contributed by atoms with Gasteiger partial charge in [0.25, 0.3) is 0 Å². The summed E-state index contributed by atoms with van der Waals surface area (Å²) in [6, 6.07) is 9.35. The summed E-state index contributed by atoms with van der Waals surface area (Å²) in [5, 5.41) is 0. The van der Waals surface area contributed by atoms with E-state index in [1.807, 2.05) is 44.2 Å². The molecule has 1 nitrogen and oxygen atoms in total. The van der Waals surface area contributed by atoms with Gasteiger partial charge in [-0.1, -0.05) is 0 Å². The van der Waals surface area contributed by atoms with Crippen molar-refractivity contribution in [1.82, 2.24) is 0 Å². The monoisotopic (exact) mass is 411 g/mol. The maximum absolute atomic E-state index is 13.5. The summed E-state index contributed by atoms with van der Waals surface area (Å²) in [7, 11) is 0. The zero-order valence-electron chi connectivity index (χ0n) is 12.2.